The second kappa shape index (κ2) is 7.75. The summed E-state index contributed by atoms with van der Waals surface area (Å²) in [7, 11) is 0. The molecule has 0 fully saturated rings. The Morgan fingerprint density at radius 2 is 1.88 bits per heavy atom. The molecule has 2 aromatic heterocycles. The van der Waals surface area contributed by atoms with Crippen LogP contribution in [0.4, 0.5) is 10.1 Å². The van der Waals surface area contributed by atoms with Crippen LogP contribution in [0.3, 0.4) is 0 Å². The highest BCUT2D eigenvalue weighted by atomic mass is 19.1. The molecule has 7 heteroatoms. The zero-order chi connectivity index (χ0) is 22.4. The summed E-state index contributed by atoms with van der Waals surface area (Å²) in [6.07, 6.45) is 6.10. The minimum atomic E-state index is -0.371. The van der Waals surface area contributed by atoms with Crippen molar-refractivity contribution in [3.8, 4) is 5.69 Å². The van der Waals surface area contributed by atoms with E-state index in [4.69, 9.17) is 0 Å². The molecule has 1 aliphatic heterocycles. The molecule has 32 heavy (non-hydrogen) atoms. The first-order valence-electron chi connectivity index (χ1n) is 10.7. The van der Waals surface area contributed by atoms with Crippen molar-refractivity contribution in [2.24, 2.45) is 5.92 Å². The maximum Gasteiger partial charge on any atom is 0.280 e. The number of halogens is 1. The fourth-order valence-corrected chi connectivity index (χ4v) is 4.47. The summed E-state index contributed by atoms with van der Waals surface area (Å²) in [6, 6.07) is 12.1. The molecule has 0 radical (unpaired) electrons. The summed E-state index contributed by atoms with van der Waals surface area (Å²) in [6.45, 7) is 6.15. The van der Waals surface area contributed by atoms with Crippen LogP contribution < -0.4 is 4.90 Å². The van der Waals surface area contributed by atoms with E-state index in [1.807, 2.05) is 42.0 Å². The molecule has 6 nitrogen and oxygen atoms in total. The van der Waals surface area contributed by atoms with Crippen molar-refractivity contribution in [3.05, 3.63) is 95.1 Å². The van der Waals surface area contributed by atoms with Gasteiger partial charge in [0.05, 0.1) is 12.4 Å². The Labute approximate surface area is 185 Å². The highest BCUT2D eigenvalue weighted by Gasteiger charge is 2.43. The maximum absolute atomic E-state index is 13.9. The van der Waals surface area contributed by atoms with Gasteiger partial charge >= 0.3 is 0 Å². The van der Waals surface area contributed by atoms with Crippen molar-refractivity contribution in [2.45, 2.75) is 33.2 Å². The third-order valence-corrected chi connectivity index (χ3v) is 5.91. The molecule has 1 aliphatic rings. The number of fused-ring (bicyclic) bond motifs is 1. The SMILES string of the molecule is Cc1cc(F)ccc1C1c2c(n[nH]c2CC(C)C)C(=O)N1c1ccc(-n2ccnc2)cc1. The summed E-state index contributed by atoms with van der Waals surface area (Å²) in [5.41, 5.74) is 5.68. The van der Waals surface area contributed by atoms with Crippen LogP contribution in [-0.2, 0) is 6.42 Å². The Hall–Kier alpha value is -3.74. The van der Waals surface area contributed by atoms with Crippen molar-refractivity contribution in [2.75, 3.05) is 4.90 Å². The van der Waals surface area contributed by atoms with E-state index in [1.165, 1.54) is 12.1 Å². The van der Waals surface area contributed by atoms with Crippen LogP contribution >= 0.6 is 0 Å². The fraction of sp³-hybridized carbons (Fsp3) is 0.240. The number of H-pyrrole nitrogens is 1. The Bertz CT molecular complexity index is 1270. The van der Waals surface area contributed by atoms with Crippen LogP contribution in [0, 0.1) is 18.7 Å². The summed E-state index contributed by atoms with van der Waals surface area (Å²) in [4.78, 5) is 19.4. The van der Waals surface area contributed by atoms with Crippen molar-refractivity contribution in [1.82, 2.24) is 19.7 Å². The van der Waals surface area contributed by atoms with E-state index in [0.717, 1.165) is 40.2 Å². The van der Waals surface area contributed by atoms with Gasteiger partial charge < -0.3 is 4.57 Å². The largest absolute Gasteiger partial charge is 0.306 e. The van der Waals surface area contributed by atoms with E-state index in [2.05, 4.69) is 29.0 Å². The first-order chi connectivity index (χ1) is 15.4. The van der Waals surface area contributed by atoms with E-state index in [0.29, 0.717) is 11.6 Å². The van der Waals surface area contributed by atoms with Gasteiger partial charge in [0, 0.05) is 35.0 Å². The average Bonchev–Trinajstić information content (AvgIpc) is 3.47. The van der Waals surface area contributed by atoms with Crippen LogP contribution in [0.15, 0.2) is 61.2 Å². The number of nitrogens with zero attached hydrogens (tertiary/aromatic N) is 4. The van der Waals surface area contributed by atoms with E-state index in [9.17, 15) is 9.18 Å². The van der Waals surface area contributed by atoms with Crippen LogP contribution in [0.2, 0.25) is 0 Å². The van der Waals surface area contributed by atoms with Gasteiger partial charge in [0.2, 0.25) is 0 Å². The quantitative estimate of drug-likeness (QED) is 0.486. The fourth-order valence-electron chi connectivity index (χ4n) is 4.47. The third kappa shape index (κ3) is 3.30. The molecular formula is C25H24FN5O. The molecule has 5 rings (SSSR count). The number of aryl methyl sites for hydroxylation is 1. The molecule has 2 aromatic carbocycles. The lowest BCUT2D eigenvalue weighted by Crippen LogP contribution is -2.30. The normalized spacial score (nSPS) is 15.6. The monoisotopic (exact) mass is 429 g/mol. The third-order valence-electron chi connectivity index (χ3n) is 5.91. The van der Waals surface area contributed by atoms with E-state index in [1.54, 1.807) is 23.5 Å². The van der Waals surface area contributed by atoms with Gasteiger partial charge in [-0.1, -0.05) is 19.9 Å². The van der Waals surface area contributed by atoms with Crippen molar-refractivity contribution in [1.29, 1.82) is 0 Å². The van der Waals surface area contributed by atoms with Crippen LogP contribution in [-0.4, -0.2) is 25.7 Å². The molecule has 162 valence electrons. The lowest BCUT2D eigenvalue weighted by molar-refractivity contribution is 0.0988. The second-order valence-corrected chi connectivity index (χ2v) is 8.63. The number of benzene rings is 2. The zero-order valence-electron chi connectivity index (χ0n) is 18.2. The maximum atomic E-state index is 13.9. The van der Waals surface area contributed by atoms with Crippen molar-refractivity contribution in [3.63, 3.8) is 0 Å². The zero-order valence-corrected chi connectivity index (χ0v) is 18.2. The van der Waals surface area contributed by atoms with Gasteiger partial charge in [0.1, 0.15) is 5.82 Å². The minimum Gasteiger partial charge on any atom is -0.306 e. The number of hydrogen-bond acceptors (Lipinski definition) is 3. The first kappa shape index (κ1) is 20.2. The number of imidazole rings is 1. The van der Waals surface area contributed by atoms with Gasteiger partial charge in [-0.2, -0.15) is 5.10 Å². The molecular weight excluding hydrogens is 405 g/mol. The number of rotatable bonds is 5. The number of carbonyl (C=O) groups excluding carboxylic acids is 1. The summed E-state index contributed by atoms with van der Waals surface area (Å²) >= 11 is 0. The molecule has 0 aliphatic carbocycles. The topological polar surface area (TPSA) is 66.8 Å². The van der Waals surface area contributed by atoms with Crippen molar-refractivity contribution >= 4 is 11.6 Å². The number of amides is 1. The highest BCUT2D eigenvalue weighted by molar-refractivity contribution is 6.10. The summed E-state index contributed by atoms with van der Waals surface area (Å²) < 4.78 is 15.8. The molecule has 0 bridgehead atoms. The number of carbonyl (C=O) groups is 1. The standard InChI is InChI=1S/C25H24FN5O/c1-15(2)12-21-22-23(29-28-21)25(32)31(24(22)20-9-4-17(26)13-16(20)3)19-7-5-18(6-8-19)30-11-10-27-14-30/h4-11,13-15,24H,12H2,1-3H3,(H,28,29). The molecule has 1 amide bonds. The van der Waals surface area contributed by atoms with Gasteiger partial charge in [0.25, 0.3) is 5.91 Å². The summed E-state index contributed by atoms with van der Waals surface area (Å²) in [5, 5.41) is 7.47. The second-order valence-electron chi connectivity index (χ2n) is 8.63. The molecule has 1 unspecified atom stereocenters. The van der Waals surface area contributed by atoms with Gasteiger partial charge in [-0.15, -0.1) is 0 Å². The van der Waals surface area contributed by atoms with Gasteiger partial charge in [-0.3, -0.25) is 14.8 Å². The van der Waals surface area contributed by atoms with Crippen LogP contribution in [0.5, 0.6) is 0 Å². The molecule has 3 heterocycles. The van der Waals surface area contributed by atoms with Crippen LogP contribution in [0.1, 0.15) is 52.8 Å². The van der Waals surface area contributed by atoms with Gasteiger partial charge in [0.15, 0.2) is 5.69 Å². The molecule has 0 saturated heterocycles. The Morgan fingerprint density at radius 3 is 2.53 bits per heavy atom. The highest BCUT2D eigenvalue weighted by Crippen LogP contribution is 2.44. The minimum absolute atomic E-state index is 0.157. The first-order valence-corrected chi connectivity index (χ1v) is 10.7. The van der Waals surface area contributed by atoms with Gasteiger partial charge in [-0.05, 0) is 66.8 Å². The lowest BCUT2D eigenvalue weighted by Gasteiger charge is -2.28. The predicted molar refractivity (Wildman–Crippen MR) is 120 cm³/mol. The smallest absolute Gasteiger partial charge is 0.280 e. The molecule has 4 aromatic rings. The van der Waals surface area contributed by atoms with E-state index >= 15 is 0 Å². The van der Waals surface area contributed by atoms with E-state index in [-0.39, 0.29) is 17.8 Å². The van der Waals surface area contributed by atoms with Crippen molar-refractivity contribution < 1.29 is 9.18 Å². The molecule has 1 atom stereocenters. The number of aromatic nitrogens is 4. The molecule has 1 N–H and O–H groups in total. The number of aromatic amines is 1. The molecule has 0 spiro atoms. The number of hydrogen-bond donors (Lipinski definition) is 1. The lowest BCUT2D eigenvalue weighted by atomic mass is 9.92. The predicted octanol–water partition coefficient (Wildman–Crippen LogP) is 4.99. The Morgan fingerprint density at radius 1 is 1.12 bits per heavy atom. The molecule has 0 saturated carbocycles. The number of nitrogens with one attached hydrogen (secondary N) is 1. The summed E-state index contributed by atoms with van der Waals surface area (Å²) in [5.74, 6) is -0.0508. The Kier molecular flexibility index (Phi) is 4.89. The van der Waals surface area contributed by atoms with Gasteiger partial charge in [-0.25, -0.2) is 9.37 Å². The Balaban J connectivity index is 1.64. The average molecular weight is 429 g/mol. The van der Waals surface area contributed by atoms with E-state index < -0.39 is 0 Å². The number of anilines is 1. The van der Waals surface area contributed by atoms with Crippen LogP contribution in [0.25, 0.3) is 5.69 Å².